The molecule has 18 heavy (non-hydrogen) atoms. The standard InChI is InChI=1S/C14H19N3O/c1-17(8-3-9-18-2)14-6-7-16-13-10-11(15)4-5-12(13)14/h4-7,10H,3,8-9,15H2,1-2H3. The first kappa shape index (κ1) is 12.6. The first-order chi connectivity index (χ1) is 8.72. The first-order valence-corrected chi connectivity index (χ1v) is 6.06. The number of ether oxygens (including phenoxy) is 1. The number of rotatable bonds is 5. The maximum absolute atomic E-state index is 5.78. The van der Waals surface area contributed by atoms with Crippen LogP contribution >= 0.6 is 0 Å². The second-order valence-electron chi connectivity index (χ2n) is 4.37. The number of nitrogens with zero attached hydrogens (tertiary/aromatic N) is 2. The molecule has 0 aliphatic heterocycles. The molecule has 1 aromatic heterocycles. The van der Waals surface area contributed by atoms with Crippen molar-refractivity contribution < 1.29 is 4.74 Å². The molecular formula is C14H19N3O. The third kappa shape index (κ3) is 2.71. The van der Waals surface area contributed by atoms with E-state index in [2.05, 4.69) is 16.9 Å². The summed E-state index contributed by atoms with van der Waals surface area (Å²) < 4.78 is 5.08. The van der Waals surface area contributed by atoms with Crippen molar-refractivity contribution in [1.82, 2.24) is 4.98 Å². The number of hydrogen-bond acceptors (Lipinski definition) is 4. The maximum Gasteiger partial charge on any atom is 0.0743 e. The summed E-state index contributed by atoms with van der Waals surface area (Å²) in [5, 5.41) is 1.13. The Hall–Kier alpha value is -1.81. The Kier molecular flexibility index (Phi) is 3.99. The van der Waals surface area contributed by atoms with Crippen molar-refractivity contribution in [2.45, 2.75) is 6.42 Å². The lowest BCUT2D eigenvalue weighted by Crippen LogP contribution is -2.20. The highest BCUT2D eigenvalue weighted by atomic mass is 16.5. The van der Waals surface area contributed by atoms with Crippen LogP contribution in [0.1, 0.15) is 6.42 Å². The van der Waals surface area contributed by atoms with Gasteiger partial charge in [-0.15, -0.1) is 0 Å². The number of anilines is 2. The number of nitrogens with two attached hydrogens (primary N) is 1. The van der Waals surface area contributed by atoms with Crippen LogP contribution in [0.2, 0.25) is 0 Å². The Bertz CT molecular complexity index is 527. The van der Waals surface area contributed by atoms with Gasteiger partial charge in [-0.2, -0.15) is 0 Å². The van der Waals surface area contributed by atoms with Crippen molar-refractivity contribution in [3.63, 3.8) is 0 Å². The molecule has 4 heteroatoms. The highest BCUT2D eigenvalue weighted by molar-refractivity contribution is 5.93. The molecule has 1 aromatic carbocycles. The Morgan fingerprint density at radius 2 is 2.17 bits per heavy atom. The lowest BCUT2D eigenvalue weighted by atomic mass is 10.1. The molecular weight excluding hydrogens is 226 g/mol. The SMILES string of the molecule is COCCCN(C)c1ccnc2cc(N)ccc12. The van der Waals surface area contributed by atoms with Crippen molar-refractivity contribution in [3.05, 3.63) is 30.5 Å². The van der Waals surface area contributed by atoms with Crippen LogP contribution < -0.4 is 10.6 Å². The molecule has 2 N–H and O–H groups in total. The minimum Gasteiger partial charge on any atom is -0.399 e. The van der Waals surface area contributed by atoms with Crippen LogP contribution in [0.4, 0.5) is 11.4 Å². The van der Waals surface area contributed by atoms with E-state index in [1.54, 1.807) is 7.11 Å². The molecule has 96 valence electrons. The molecule has 0 aliphatic rings. The third-order valence-electron chi connectivity index (χ3n) is 3.00. The largest absolute Gasteiger partial charge is 0.399 e. The number of pyridine rings is 1. The summed E-state index contributed by atoms with van der Waals surface area (Å²) >= 11 is 0. The molecule has 1 heterocycles. The van der Waals surface area contributed by atoms with Crippen molar-refractivity contribution in [1.29, 1.82) is 0 Å². The zero-order valence-corrected chi connectivity index (χ0v) is 10.9. The van der Waals surface area contributed by atoms with Gasteiger partial charge in [-0.3, -0.25) is 4.98 Å². The predicted molar refractivity (Wildman–Crippen MR) is 75.9 cm³/mol. The van der Waals surface area contributed by atoms with E-state index in [0.717, 1.165) is 36.2 Å². The number of fused-ring (bicyclic) bond motifs is 1. The summed E-state index contributed by atoms with van der Waals surface area (Å²) in [6.07, 6.45) is 2.83. The molecule has 0 fully saturated rings. The summed E-state index contributed by atoms with van der Waals surface area (Å²) in [4.78, 5) is 6.57. The van der Waals surface area contributed by atoms with Gasteiger partial charge in [0.2, 0.25) is 0 Å². The van der Waals surface area contributed by atoms with Gasteiger partial charge in [-0.1, -0.05) is 0 Å². The van der Waals surface area contributed by atoms with E-state index in [-0.39, 0.29) is 0 Å². The highest BCUT2D eigenvalue weighted by Crippen LogP contribution is 2.25. The summed E-state index contributed by atoms with van der Waals surface area (Å²) in [7, 11) is 3.81. The van der Waals surface area contributed by atoms with Gasteiger partial charge in [-0.25, -0.2) is 0 Å². The second kappa shape index (κ2) is 5.69. The average Bonchev–Trinajstić information content (AvgIpc) is 2.37. The molecule has 0 saturated heterocycles. The molecule has 0 spiro atoms. The van der Waals surface area contributed by atoms with Crippen molar-refractivity contribution in [2.75, 3.05) is 37.9 Å². The van der Waals surface area contributed by atoms with Gasteiger partial charge in [-0.05, 0) is 30.7 Å². The number of benzene rings is 1. The van der Waals surface area contributed by atoms with Crippen LogP contribution in [0.25, 0.3) is 10.9 Å². The molecule has 0 amide bonds. The number of methoxy groups -OCH3 is 1. The highest BCUT2D eigenvalue weighted by Gasteiger charge is 2.06. The predicted octanol–water partition coefficient (Wildman–Crippen LogP) is 2.29. The summed E-state index contributed by atoms with van der Waals surface area (Å²) in [5.41, 5.74) is 8.64. The van der Waals surface area contributed by atoms with Gasteiger partial charge in [0, 0.05) is 50.3 Å². The van der Waals surface area contributed by atoms with E-state index in [1.807, 2.05) is 30.5 Å². The number of hydrogen-bond donors (Lipinski definition) is 1. The van der Waals surface area contributed by atoms with Crippen LogP contribution in [0.15, 0.2) is 30.5 Å². The molecule has 0 aliphatic carbocycles. The number of aromatic nitrogens is 1. The van der Waals surface area contributed by atoms with E-state index in [4.69, 9.17) is 10.5 Å². The monoisotopic (exact) mass is 245 g/mol. The zero-order chi connectivity index (χ0) is 13.0. The lowest BCUT2D eigenvalue weighted by molar-refractivity contribution is 0.196. The summed E-state index contributed by atoms with van der Waals surface area (Å²) in [6, 6.07) is 7.88. The van der Waals surface area contributed by atoms with Crippen LogP contribution in [-0.2, 0) is 4.74 Å². The third-order valence-corrected chi connectivity index (χ3v) is 3.00. The van der Waals surface area contributed by atoms with Gasteiger partial charge in [0.15, 0.2) is 0 Å². The van der Waals surface area contributed by atoms with Gasteiger partial charge in [0.25, 0.3) is 0 Å². The van der Waals surface area contributed by atoms with Gasteiger partial charge in [0.1, 0.15) is 0 Å². The van der Waals surface area contributed by atoms with E-state index < -0.39 is 0 Å². The fourth-order valence-electron chi connectivity index (χ4n) is 2.05. The van der Waals surface area contributed by atoms with Gasteiger partial charge in [0.05, 0.1) is 5.52 Å². The second-order valence-corrected chi connectivity index (χ2v) is 4.37. The zero-order valence-electron chi connectivity index (χ0n) is 10.9. The van der Waals surface area contributed by atoms with Crippen LogP contribution in [0.5, 0.6) is 0 Å². The minimum absolute atomic E-state index is 0.745. The average molecular weight is 245 g/mol. The summed E-state index contributed by atoms with van der Waals surface area (Å²) in [5.74, 6) is 0. The smallest absolute Gasteiger partial charge is 0.0743 e. The van der Waals surface area contributed by atoms with Crippen molar-refractivity contribution in [2.24, 2.45) is 0 Å². The molecule has 0 atom stereocenters. The van der Waals surface area contributed by atoms with E-state index in [0.29, 0.717) is 0 Å². The Balaban J connectivity index is 2.27. The fourth-order valence-corrected chi connectivity index (χ4v) is 2.05. The van der Waals surface area contributed by atoms with E-state index >= 15 is 0 Å². The molecule has 0 unspecified atom stereocenters. The van der Waals surface area contributed by atoms with Crippen molar-refractivity contribution in [3.8, 4) is 0 Å². The topological polar surface area (TPSA) is 51.4 Å². The van der Waals surface area contributed by atoms with Crippen LogP contribution in [-0.4, -0.2) is 32.3 Å². The quantitative estimate of drug-likeness (QED) is 0.648. The lowest BCUT2D eigenvalue weighted by Gasteiger charge is -2.20. The van der Waals surface area contributed by atoms with Gasteiger partial charge < -0.3 is 15.4 Å². The normalized spacial score (nSPS) is 10.8. The molecule has 2 aromatic rings. The number of nitrogen functional groups attached to an aromatic ring is 1. The Labute approximate surface area is 107 Å². The maximum atomic E-state index is 5.78. The molecule has 4 nitrogen and oxygen atoms in total. The fraction of sp³-hybridized carbons (Fsp3) is 0.357. The van der Waals surface area contributed by atoms with Crippen molar-refractivity contribution >= 4 is 22.3 Å². The van der Waals surface area contributed by atoms with Crippen LogP contribution in [0.3, 0.4) is 0 Å². The van der Waals surface area contributed by atoms with Gasteiger partial charge >= 0.3 is 0 Å². The first-order valence-electron chi connectivity index (χ1n) is 6.06. The minimum atomic E-state index is 0.745. The molecule has 2 rings (SSSR count). The van der Waals surface area contributed by atoms with E-state index in [1.165, 1.54) is 5.69 Å². The van der Waals surface area contributed by atoms with Crippen LogP contribution in [0, 0.1) is 0 Å². The molecule has 0 saturated carbocycles. The Morgan fingerprint density at radius 1 is 1.33 bits per heavy atom. The van der Waals surface area contributed by atoms with E-state index in [9.17, 15) is 0 Å². The molecule has 0 bridgehead atoms. The molecule has 0 radical (unpaired) electrons. The Morgan fingerprint density at radius 3 is 2.94 bits per heavy atom. The summed E-state index contributed by atoms with van der Waals surface area (Å²) in [6.45, 7) is 1.73.